The highest BCUT2D eigenvalue weighted by Crippen LogP contribution is 2.14. The molecule has 0 atom stereocenters. The van der Waals surface area contributed by atoms with Gasteiger partial charge in [-0.3, -0.25) is 4.79 Å². The van der Waals surface area contributed by atoms with Gasteiger partial charge in [-0.05, 0) is 26.9 Å². The maximum atomic E-state index is 11.7. The fraction of sp³-hybridized carbons (Fsp3) is 0.909. The van der Waals surface area contributed by atoms with E-state index in [9.17, 15) is 4.79 Å². The monoisotopic (exact) mass is 214 g/mol. The molecule has 1 heterocycles. The van der Waals surface area contributed by atoms with Gasteiger partial charge in [0.15, 0.2) is 0 Å². The molecule has 1 rings (SSSR count). The van der Waals surface area contributed by atoms with Crippen molar-refractivity contribution in [3.05, 3.63) is 0 Å². The lowest BCUT2D eigenvalue weighted by molar-refractivity contribution is -0.133. The van der Waals surface area contributed by atoms with Crippen molar-refractivity contribution in [2.45, 2.75) is 25.3 Å². The lowest BCUT2D eigenvalue weighted by atomic mass is 10.0. The third kappa shape index (κ3) is 3.80. The fourth-order valence-corrected chi connectivity index (χ4v) is 1.98. The van der Waals surface area contributed by atoms with E-state index in [0.29, 0.717) is 19.1 Å². The van der Waals surface area contributed by atoms with Gasteiger partial charge in [-0.2, -0.15) is 0 Å². The Balaban J connectivity index is 2.27. The van der Waals surface area contributed by atoms with E-state index < -0.39 is 0 Å². The standard InChI is InChI=1S/C11H22N2O2/c1-12(2)10-4-7-13(8-5-10)11(14)6-9-15-3/h10H,4-9H2,1-3H3. The molecule has 1 aliphatic rings. The number of carbonyl (C=O) groups excluding carboxylic acids is 1. The van der Waals surface area contributed by atoms with Crippen molar-refractivity contribution >= 4 is 5.91 Å². The van der Waals surface area contributed by atoms with Crippen LogP contribution >= 0.6 is 0 Å². The predicted molar refractivity (Wildman–Crippen MR) is 59.8 cm³/mol. The number of hydrogen-bond donors (Lipinski definition) is 0. The van der Waals surface area contributed by atoms with E-state index in [1.54, 1.807) is 7.11 Å². The molecule has 0 bridgehead atoms. The van der Waals surface area contributed by atoms with Gasteiger partial charge in [0.1, 0.15) is 0 Å². The minimum absolute atomic E-state index is 0.231. The zero-order chi connectivity index (χ0) is 11.3. The zero-order valence-electron chi connectivity index (χ0n) is 10.0. The van der Waals surface area contributed by atoms with Crippen LogP contribution in [0, 0.1) is 0 Å². The van der Waals surface area contributed by atoms with Gasteiger partial charge in [0, 0.05) is 26.2 Å². The summed E-state index contributed by atoms with van der Waals surface area (Å²) < 4.78 is 4.91. The first kappa shape index (κ1) is 12.5. The molecular weight excluding hydrogens is 192 g/mol. The van der Waals surface area contributed by atoms with E-state index >= 15 is 0 Å². The zero-order valence-corrected chi connectivity index (χ0v) is 10.0. The molecule has 0 radical (unpaired) electrons. The Morgan fingerprint density at radius 3 is 2.47 bits per heavy atom. The van der Waals surface area contributed by atoms with Crippen LogP contribution in [0.15, 0.2) is 0 Å². The van der Waals surface area contributed by atoms with Gasteiger partial charge in [-0.25, -0.2) is 0 Å². The number of methoxy groups -OCH3 is 1. The van der Waals surface area contributed by atoms with Gasteiger partial charge < -0.3 is 14.5 Å². The lowest BCUT2D eigenvalue weighted by Crippen LogP contribution is -2.44. The Hall–Kier alpha value is -0.610. The molecule has 1 aliphatic heterocycles. The molecule has 0 N–H and O–H groups in total. The Morgan fingerprint density at radius 2 is 2.00 bits per heavy atom. The molecule has 1 amide bonds. The predicted octanol–water partition coefficient (Wildman–Crippen LogP) is 0.575. The van der Waals surface area contributed by atoms with Gasteiger partial charge in [-0.1, -0.05) is 0 Å². The Labute approximate surface area is 92.2 Å². The van der Waals surface area contributed by atoms with E-state index in [4.69, 9.17) is 4.74 Å². The van der Waals surface area contributed by atoms with Crippen molar-refractivity contribution in [1.29, 1.82) is 0 Å². The van der Waals surface area contributed by atoms with E-state index in [1.807, 2.05) is 4.90 Å². The number of likely N-dealkylation sites (tertiary alicyclic amines) is 1. The van der Waals surface area contributed by atoms with Gasteiger partial charge in [0.25, 0.3) is 0 Å². The fourth-order valence-electron chi connectivity index (χ4n) is 1.98. The molecule has 0 aromatic rings. The van der Waals surface area contributed by atoms with Gasteiger partial charge in [-0.15, -0.1) is 0 Å². The smallest absolute Gasteiger partial charge is 0.224 e. The number of nitrogens with zero attached hydrogens (tertiary/aromatic N) is 2. The van der Waals surface area contributed by atoms with E-state index in [2.05, 4.69) is 19.0 Å². The third-order valence-electron chi connectivity index (χ3n) is 3.07. The van der Waals surface area contributed by atoms with Crippen molar-refractivity contribution in [2.75, 3.05) is 40.9 Å². The lowest BCUT2D eigenvalue weighted by Gasteiger charge is -2.35. The summed E-state index contributed by atoms with van der Waals surface area (Å²) in [6, 6.07) is 0.636. The van der Waals surface area contributed by atoms with Crippen LogP contribution in [-0.2, 0) is 9.53 Å². The van der Waals surface area contributed by atoms with Crippen LogP contribution in [-0.4, -0.2) is 62.7 Å². The minimum Gasteiger partial charge on any atom is -0.384 e. The largest absolute Gasteiger partial charge is 0.384 e. The summed E-state index contributed by atoms with van der Waals surface area (Å²) in [6.07, 6.45) is 2.70. The van der Waals surface area contributed by atoms with Crippen LogP contribution < -0.4 is 0 Å². The second kappa shape index (κ2) is 6.08. The SMILES string of the molecule is COCCC(=O)N1CCC(N(C)C)CC1. The molecule has 0 aromatic carbocycles. The Kier molecular flexibility index (Phi) is 5.05. The third-order valence-corrected chi connectivity index (χ3v) is 3.07. The first-order valence-corrected chi connectivity index (χ1v) is 5.58. The Bertz CT molecular complexity index is 199. The van der Waals surface area contributed by atoms with Crippen molar-refractivity contribution in [2.24, 2.45) is 0 Å². The molecule has 88 valence electrons. The van der Waals surface area contributed by atoms with E-state index in [-0.39, 0.29) is 5.91 Å². The first-order valence-electron chi connectivity index (χ1n) is 5.58. The highest BCUT2D eigenvalue weighted by Gasteiger charge is 2.23. The molecule has 15 heavy (non-hydrogen) atoms. The molecule has 4 heteroatoms. The number of rotatable bonds is 4. The molecule has 0 saturated carbocycles. The van der Waals surface area contributed by atoms with E-state index in [1.165, 1.54) is 0 Å². The summed E-state index contributed by atoms with van der Waals surface area (Å²) in [5.74, 6) is 0.231. The summed E-state index contributed by atoms with van der Waals surface area (Å²) in [5, 5.41) is 0. The van der Waals surface area contributed by atoms with Crippen molar-refractivity contribution in [1.82, 2.24) is 9.80 Å². The minimum atomic E-state index is 0.231. The number of carbonyl (C=O) groups is 1. The topological polar surface area (TPSA) is 32.8 Å². The van der Waals surface area contributed by atoms with Gasteiger partial charge >= 0.3 is 0 Å². The van der Waals surface area contributed by atoms with Crippen LogP contribution in [0.5, 0.6) is 0 Å². The van der Waals surface area contributed by atoms with Crippen LogP contribution in [0.3, 0.4) is 0 Å². The quantitative estimate of drug-likeness (QED) is 0.686. The number of ether oxygens (including phenoxy) is 1. The first-order chi connectivity index (χ1) is 7.15. The van der Waals surface area contributed by atoms with Crippen molar-refractivity contribution in [3.8, 4) is 0 Å². The molecule has 0 aromatic heterocycles. The second-order valence-electron chi connectivity index (χ2n) is 4.32. The molecule has 4 nitrogen and oxygen atoms in total. The van der Waals surface area contributed by atoms with Crippen LogP contribution in [0.2, 0.25) is 0 Å². The molecule has 0 aliphatic carbocycles. The van der Waals surface area contributed by atoms with E-state index in [0.717, 1.165) is 25.9 Å². The molecule has 1 fully saturated rings. The highest BCUT2D eigenvalue weighted by molar-refractivity contribution is 5.76. The number of hydrogen-bond acceptors (Lipinski definition) is 3. The molecule has 1 saturated heterocycles. The summed E-state index contributed by atoms with van der Waals surface area (Å²) in [4.78, 5) is 15.9. The summed E-state index contributed by atoms with van der Waals surface area (Å²) in [5.41, 5.74) is 0. The maximum Gasteiger partial charge on any atom is 0.224 e. The molecular formula is C11H22N2O2. The van der Waals surface area contributed by atoms with Crippen molar-refractivity contribution < 1.29 is 9.53 Å². The van der Waals surface area contributed by atoms with Crippen LogP contribution in [0.25, 0.3) is 0 Å². The normalized spacial score (nSPS) is 18.5. The molecule has 0 spiro atoms. The van der Waals surface area contributed by atoms with Crippen molar-refractivity contribution in [3.63, 3.8) is 0 Å². The Morgan fingerprint density at radius 1 is 1.40 bits per heavy atom. The number of amides is 1. The van der Waals surface area contributed by atoms with Crippen LogP contribution in [0.1, 0.15) is 19.3 Å². The highest BCUT2D eigenvalue weighted by atomic mass is 16.5. The van der Waals surface area contributed by atoms with Crippen LogP contribution in [0.4, 0.5) is 0 Å². The van der Waals surface area contributed by atoms with Gasteiger partial charge in [0.05, 0.1) is 13.0 Å². The average molecular weight is 214 g/mol. The summed E-state index contributed by atoms with van der Waals surface area (Å²) >= 11 is 0. The second-order valence-corrected chi connectivity index (χ2v) is 4.32. The van der Waals surface area contributed by atoms with Gasteiger partial charge in [0.2, 0.25) is 5.91 Å². The summed E-state index contributed by atoms with van der Waals surface area (Å²) in [7, 11) is 5.84. The maximum absolute atomic E-state index is 11.7. The molecule has 0 unspecified atom stereocenters. The summed E-state index contributed by atoms with van der Waals surface area (Å²) in [6.45, 7) is 2.32. The average Bonchev–Trinajstić information content (AvgIpc) is 2.26. The number of piperidine rings is 1.